The predicted octanol–water partition coefficient (Wildman–Crippen LogP) is 3.87. The fraction of sp³-hybridized carbons (Fsp3) is 0.286. The first-order valence-electron chi connectivity index (χ1n) is 5.88. The van der Waals surface area contributed by atoms with Crippen LogP contribution in [0, 0.1) is 13.8 Å². The number of nitrogens with two attached hydrogens (primary N) is 1. The van der Waals surface area contributed by atoms with Gasteiger partial charge in [-0.1, -0.05) is 24.3 Å². The Labute approximate surface area is 120 Å². The van der Waals surface area contributed by atoms with Crippen LogP contribution in [-0.4, -0.2) is 0 Å². The van der Waals surface area contributed by atoms with E-state index in [1.807, 2.05) is 0 Å². The van der Waals surface area contributed by atoms with Gasteiger partial charge in [-0.15, -0.1) is 11.3 Å². The Morgan fingerprint density at radius 2 is 2.00 bits per heavy atom. The Bertz CT molecular complexity index is 517. The molecule has 0 bridgehead atoms. The predicted molar refractivity (Wildman–Crippen MR) is 81.7 cm³/mol. The van der Waals surface area contributed by atoms with Crippen LogP contribution in [0.4, 0.5) is 0 Å². The summed E-state index contributed by atoms with van der Waals surface area (Å²) in [6, 6.07) is 10.8. The van der Waals surface area contributed by atoms with Crippen LogP contribution < -0.4 is 11.3 Å². The zero-order valence-corrected chi connectivity index (χ0v) is 12.9. The van der Waals surface area contributed by atoms with Crippen molar-refractivity contribution < 1.29 is 0 Å². The highest BCUT2D eigenvalue weighted by Crippen LogP contribution is 2.32. The van der Waals surface area contributed by atoms with Gasteiger partial charge in [0.15, 0.2) is 0 Å². The second-order valence-electron chi connectivity index (χ2n) is 4.46. The lowest BCUT2D eigenvalue weighted by atomic mass is 10.0. The van der Waals surface area contributed by atoms with E-state index >= 15 is 0 Å². The molecule has 1 heterocycles. The summed E-state index contributed by atoms with van der Waals surface area (Å²) in [5.41, 5.74) is 6.83. The van der Waals surface area contributed by atoms with Gasteiger partial charge in [-0.05, 0) is 59.0 Å². The number of hydrogen-bond donors (Lipinski definition) is 2. The number of aryl methyl sites for hydroxylation is 2. The average molecular weight is 325 g/mol. The maximum absolute atomic E-state index is 5.70. The van der Waals surface area contributed by atoms with Crippen LogP contribution in [0.15, 0.2) is 34.1 Å². The highest BCUT2D eigenvalue weighted by molar-refractivity contribution is 9.11. The van der Waals surface area contributed by atoms with Crippen molar-refractivity contribution in [1.82, 2.24) is 5.43 Å². The van der Waals surface area contributed by atoms with Crippen LogP contribution in [0.1, 0.15) is 27.6 Å². The molecule has 0 saturated carbocycles. The first kappa shape index (κ1) is 13.7. The molecule has 96 valence electrons. The van der Waals surface area contributed by atoms with Crippen LogP contribution in [0.3, 0.4) is 0 Å². The quantitative estimate of drug-likeness (QED) is 0.661. The molecule has 0 aliphatic heterocycles. The minimum atomic E-state index is 0.168. The summed E-state index contributed by atoms with van der Waals surface area (Å²) in [6.07, 6.45) is 0.912. The lowest BCUT2D eigenvalue weighted by molar-refractivity contribution is 0.559. The summed E-state index contributed by atoms with van der Waals surface area (Å²) in [6.45, 7) is 4.24. The fourth-order valence-corrected chi connectivity index (χ4v) is 3.59. The first-order chi connectivity index (χ1) is 8.61. The molecular formula is C14H17BrN2S. The summed E-state index contributed by atoms with van der Waals surface area (Å²) in [5.74, 6) is 5.70. The molecule has 2 aromatic rings. The topological polar surface area (TPSA) is 38.0 Å². The monoisotopic (exact) mass is 324 g/mol. The van der Waals surface area contributed by atoms with Crippen molar-refractivity contribution in [3.05, 3.63) is 55.7 Å². The molecule has 1 atom stereocenters. The Hall–Kier alpha value is -0.680. The molecule has 0 saturated heterocycles. The van der Waals surface area contributed by atoms with Crippen LogP contribution in [-0.2, 0) is 6.42 Å². The number of halogens is 1. The molecule has 0 aliphatic carbocycles. The van der Waals surface area contributed by atoms with Gasteiger partial charge >= 0.3 is 0 Å². The van der Waals surface area contributed by atoms with E-state index in [0.717, 1.165) is 6.42 Å². The van der Waals surface area contributed by atoms with Gasteiger partial charge in [-0.3, -0.25) is 11.3 Å². The van der Waals surface area contributed by atoms with E-state index in [-0.39, 0.29) is 6.04 Å². The van der Waals surface area contributed by atoms with Crippen LogP contribution in [0.25, 0.3) is 0 Å². The van der Waals surface area contributed by atoms with E-state index < -0.39 is 0 Å². The number of hydrogen-bond acceptors (Lipinski definition) is 3. The normalized spacial score (nSPS) is 12.7. The number of benzene rings is 1. The van der Waals surface area contributed by atoms with Crippen LogP contribution in [0.2, 0.25) is 0 Å². The molecule has 0 radical (unpaired) electrons. The van der Waals surface area contributed by atoms with Gasteiger partial charge in [0.25, 0.3) is 0 Å². The van der Waals surface area contributed by atoms with Crippen molar-refractivity contribution in [2.75, 3.05) is 0 Å². The minimum absolute atomic E-state index is 0.168. The highest BCUT2D eigenvalue weighted by Gasteiger charge is 2.15. The number of rotatable bonds is 4. The summed E-state index contributed by atoms with van der Waals surface area (Å²) in [4.78, 5) is 1.27. The van der Waals surface area contributed by atoms with Crippen molar-refractivity contribution in [3.63, 3.8) is 0 Å². The Kier molecular flexibility index (Phi) is 4.56. The smallest absolute Gasteiger partial charge is 0.0731 e. The molecule has 18 heavy (non-hydrogen) atoms. The highest BCUT2D eigenvalue weighted by atomic mass is 79.9. The van der Waals surface area contributed by atoms with Gasteiger partial charge in [0.1, 0.15) is 0 Å². The van der Waals surface area contributed by atoms with Gasteiger partial charge in [-0.25, -0.2) is 0 Å². The zero-order chi connectivity index (χ0) is 13.1. The maximum Gasteiger partial charge on any atom is 0.0731 e. The molecule has 4 heteroatoms. The summed E-state index contributed by atoms with van der Waals surface area (Å²) < 4.78 is 1.18. The van der Waals surface area contributed by atoms with Gasteiger partial charge in [-0.2, -0.15) is 0 Å². The molecule has 1 unspecified atom stereocenters. The summed E-state index contributed by atoms with van der Waals surface area (Å²) >= 11 is 5.31. The second kappa shape index (κ2) is 5.97. The van der Waals surface area contributed by atoms with E-state index in [1.165, 1.54) is 25.4 Å². The molecule has 0 aliphatic rings. The lowest BCUT2D eigenvalue weighted by Gasteiger charge is -2.15. The van der Waals surface area contributed by atoms with Gasteiger partial charge < -0.3 is 0 Å². The zero-order valence-electron chi connectivity index (χ0n) is 10.5. The maximum atomic E-state index is 5.70. The van der Waals surface area contributed by atoms with E-state index in [1.54, 1.807) is 11.3 Å². The summed E-state index contributed by atoms with van der Waals surface area (Å²) in [7, 11) is 0. The standard InChI is InChI=1S/C14H17BrN2S/c1-9-5-3-4-6-11(9)8-12(17-16)13-7-10(2)14(15)18-13/h3-7,12,17H,8,16H2,1-2H3. The molecule has 2 nitrogen and oxygen atoms in total. The van der Waals surface area contributed by atoms with E-state index in [9.17, 15) is 0 Å². The number of nitrogens with one attached hydrogen (secondary N) is 1. The molecular weight excluding hydrogens is 308 g/mol. The SMILES string of the molecule is Cc1ccccc1CC(NN)c1cc(C)c(Br)s1. The van der Waals surface area contributed by atoms with Crippen molar-refractivity contribution in [1.29, 1.82) is 0 Å². The molecule has 3 N–H and O–H groups in total. The van der Waals surface area contributed by atoms with Gasteiger partial charge in [0.2, 0.25) is 0 Å². The van der Waals surface area contributed by atoms with Crippen LogP contribution in [0.5, 0.6) is 0 Å². The van der Waals surface area contributed by atoms with E-state index in [4.69, 9.17) is 5.84 Å². The molecule has 1 aromatic carbocycles. The Balaban J connectivity index is 2.22. The number of hydrazine groups is 1. The molecule has 0 spiro atoms. The number of thiophene rings is 1. The summed E-state index contributed by atoms with van der Waals surface area (Å²) in [5, 5.41) is 0. The van der Waals surface area contributed by atoms with Crippen molar-refractivity contribution in [2.24, 2.45) is 5.84 Å². The molecule has 0 amide bonds. The van der Waals surface area contributed by atoms with Crippen molar-refractivity contribution >= 4 is 27.3 Å². The van der Waals surface area contributed by atoms with Gasteiger partial charge in [0, 0.05) is 4.88 Å². The molecule has 0 fully saturated rings. The van der Waals surface area contributed by atoms with Crippen molar-refractivity contribution in [3.8, 4) is 0 Å². The third-order valence-electron chi connectivity index (χ3n) is 3.11. The fourth-order valence-electron chi connectivity index (χ4n) is 1.96. The van der Waals surface area contributed by atoms with Crippen LogP contribution >= 0.6 is 27.3 Å². The average Bonchev–Trinajstić information content (AvgIpc) is 2.68. The third kappa shape index (κ3) is 3.01. The minimum Gasteiger partial charge on any atom is -0.271 e. The second-order valence-corrected chi connectivity index (χ2v) is 6.86. The van der Waals surface area contributed by atoms with Crippen molar-refractivity contribution in [2.45, 2.75) is 26.3 Å². The molecule has 1 aromatic heterocycles. The molecule has 2 rings (SSSR count). The van der Waals surface area contributed by atoms with Gasteiger partial charge in [0.05, 0.1) is 9.83 Å². The Morgan fingerprint density at radius 1 is 1.28 bits per heavy atom. The van der Waals surface area contributed by atoms with E-state index in [2.05, 4.69) is 65.5 Å². The Morgan fingerprint density at radius 3 is 2.56 bits per heavy atom. The first-order valence-corrected chi connectivity index (χ1v) is 7.49. The largest absolute Gasteiger partial charge is 0.271 e. The lowest BCUT2D eigenvalue weighted by Crippen LogP contribution is -2.29. The third-order valence-corrected chi connectivity index (χ3v) is 5.36. The van der Waals surface area contributed by atoms with E-state index in [0.29, 0.717) is 0 Å².